The van der Waals surface area contributed by atoms with Crippen molar-refractivity contribution in [2.45, 2.75) is 31.0 Å². The van der Waals surface area contributed by atoms with E-state index in [9.17, 15) is 9.59 Å². The van der Waals surface area contributed by atoms with Crippen molar-refractivity contribution >= 4 is 57.0 Å². The standard InChI is InChI=1S/C27H18Cl2N4O4S2/c1-13-12-20(38-25(34)21-14(2)36-32-23(21)16-8-4-6-10-18(16)28)31-27(30-13)39-26(35)22-15(3)37-33-24(22)17-9-5-7-11-19(17)29/h4-12H,1-3H3. The molecule has 39 heavy (non-hydrogen) atoms. The largest absolute Gasteiger partial charge is 0.360 e. The fourth-order valence-electron chi connectivity index (χ4n) is 3.79. The average molecular weight is 598 g/mol. The Balaban J connectivity index is 1.41. The number of nitrogens with zero attached hydrogens (tertiary/aromatic N) is 4. The number of thioether (sulfide) groups is 2. The first-order valence-corrected chi connectivity index (χ1v) is 13.8. The molecule has 0 aliphatic heterocycles. The summed E-state index contributed by atoms with van der Waals surface area (Å²) in [6.45, 7) is 5.06. The monoisotopic (exact) mass is 596 g/mol. The number of aromatic nitrogens is 4. The van der Waals surface area contributed by atoms with E-state index in [2.05, 4.69) is 20.3 Å². The first kappa shape index (κ1) is 27.1. The average Bonchev–Trinajstić information content (AvgIpc) is 3.46. The summed E-state index contributed by atoms with van der Waals surface area (Å²) in [5.41, 5.74) is 2.98. The third kappa shape index (κ3) is 5.65. The van der Waals surface area contributed by atoms with E-state index in [-0.39, 0.29) is 21.0 Å². The summed E-state index contributed by atoms with van der Waals surface area (Å²) in [4.78, 5) is 35.5. The van der Waals surface area contributed by atoms with Gasteiger partial charge in [0.15, 0.2) is 5.16 Å². The summed E-state index contributed by atoms with van der Waals surface area (Å²) in [7, 11) is 0. The van der Waals surface area contributed by atoms with Gasteiger partial charge in [0.1, 0.15) is 27.9 Å². The molecule has 5 rings (SSSR count). The lowest BCUT2D eigenvalue weighted by atomic mass is 10.1. The molecule has 8 nitrogen and oxygen atoms in total. The molecule has 0 atom stereocenters. The lowest BCUT2D eigenvalue weighted by molar-refractivity contribution is 0.108. The van der Waals surface area contributed by atoms with Crippen molar-refractivity contribution in [3.8, 4) is 22.5 Å². The maximum absolute atomic E-state index is 13.4. The van der Waals surface area contributed by atoms with E-state index in [0.29, 0.717) is 60.4 Å². The Hall–Kier alpha value is -3.44. The molecule has 0 spiro atoms. The first-order chi connectivity index (χ1) is 18.7. The van der Waals surface area contributed by atoms with Gasteiger partial charge in [-0.25, -0.2) is 9.97 Å². The predicted octanol–water partition coefficient (Wildman–Crippen LogP) is 7.88. The number of carbonyl (C=O) groups excluding carboxylic acids is 2. The zero-order chi connectivity index (χ0) is 27.7. The van der Waals surface area contributed by atoms with Crippen LogP contribution in [0.1, 0.15) is 37.9 Å². The number of aryl methyl sites for hydroxylation is 3. The molecule has 0 aliphatic carbocycles. The maximum atomic E-state index is 13.4. The molecule has 0 aliphatic rings. The summed E-state index contributed by atoms with van der Waals surface area (Å²) in [5.74, 6) is 0.697. The number of hydrogen-bond donors (Lipinski definition) is 0. The molecule has 2 aromatic carbocycles. The molecule has 196 valence electrons. The van der Waals surface area contributed by atoms with Crippen molar-refractivity contribution in [2.75, 3.05) is 0 Å². The van der Waals surface area contributed by atoms with Gasteiger partial charge >= 0.3 is 0 Å². The van der Waals surface area contributed by atoms with E-state index in [0.717, 1.165) is 23.5 Å². The number of halogens is 2. The summed E-state index contributed by atoms with van der Waals surface area (Å²) in [5, 5.41) is 8.83. The van der Waals surface area contributed by atoms with Gasteiger partial charge in [-0.2, -0.15) is 0 Å². The zero-order valence-electron chi connectivity index (χ0n) is 20.7. The van der Waals surface area contributed by atoms with Crippen LogP contribution >= 0.6 is 46.7 Å². The molecule has 0 saturated carbocycles. The highest BCUT2D eigenvalue weighted by molar-refractivity contribution is 8.14. The second-order valence-electron chi connectivity index (χ2n) is 8.29. The fraction of sp³-hybridized carbons (Fsp3) is 0.111. The molecule has 5 aromatic rings. The van der Waals surface area contributed by atoms with Crippen LogP contribution in [-0.4, -0.2) is 30.5 Å². The summed E-state index contributed by atoms with van der Waals surface area (Å²) < 4.78 is 10.6. The van der Waals surface area contributed by atoms with Crippen molar-refractivity contribution in [1.82, 2.24) is 20.3 Å². The molecule has 0 unspecified atom stereocenters. The van der Waals surface area contributed by atoms with Crippen LogP contribution in [0, 0.1) is 20.8 Å². The second-order valence-corrected chi connectivity index (χ2v) is 11.0. The molecular weight excluding hydrogens is 579 g/mol. The fourth-order valence-corrected chi connectivity index (χ4v) is 6.03. The van der Waals surface area contributed by atoms with Crippen LogP contribution in [0.25, 0.3) is 22.5 Å². The molecule has 0 saturated heterocycles. The molecule has 3 heterocycles. The van der Waals surface area contributed by atoms with Crippen molar-refractivity contribution in [3.63, 3.8) is 0 Å². The van der Waals surface area contributed by atoms with E-state index in [4.69, 9.17) is 32.2 Å². The van der Waals surface area contributed by atoms with Gasteiger partial charge in [0, 0.05) is 16.8 Å². The van der Waals surface area contributed by atoms with Gasteiger partial charge in [-0.3, -0.25) is 9.59 Å². The summed E-state index contributed by atoms with van der Waals surface area (Å²) in [6.07, 6.45) is 0. The van der Waals surface area contributed by atoms with Crippen LogP contribution in [-0.2, 0) is 0 Å². The Bertz CT molecular complexity index is 1610. The Morgan fingerprint density at radius 1 is 0.718 bits per heavy atom. The summed E-state index contributed by atoms with van der Waals surface area (Å²) >= 11 is 14.4. The minimum absolute atomic E-state index is 0.175. The van der Waals surface area contributed by atoms with Crippen molar-refractivity contribution in [3.05, 3.63) is 93.0 Å². The van der Waals surface area contributed by atoms with Gasteiger partial charge in [-0.15, -0.1) is 0 Å². The SMILES string of the molecule is Cc1cc(SC(=O)c2c(-c3ccccc3Cl)noc2C)nc(SC(=O)c2c(-c3ccccc3Cl)noc2C)n1. The quantitative estimate of drug-likeness (QED) is 0.109. The van der Waals surface area contributed by atoms with Crippen LogP contribution in [0.5, 0.6) is 0 Å². The highest BCUT2D eigenvalue weighted by Gasteiger charge is 2.27. The predicted molar refractivity (Wildman–Crippen MR) is 151 cm³/mol. The van der Waals surface area contributed by atoms with Crippen molar-refractivity contribution in [2.24, 2.45) is 0 Å². The lowest BCUT2D eigenvalue weighted by Crippen LogP contribution is -2.02. The highest BCUT2D eigenvalue weighted by Crippen LogP contribution is 2.36. The van der Waals surface area contributed by atoms with Gasteiger partial charge in [0.2, 0.25) is 10.2 Å². The Labute approximate surface area is 241 Å². The number of benzene rings is 2. The minimum Gasteiger partial charge on any atom is -0.360 e. The van der Waals surface area contributed by atoms with E-state index >= 15 is 0 Å². The normalized spacial score (nSPS) is 11.1. The number of rotatable bonds is 6. The number of hydrogen-bond acceptors (Lipinski definition) is 10. The van der Waals surface area contributed by atoms with Crippen molar-refractivity contribution < 1.29 is 18.6 Å². The lowest BCUT2D eigenvalue weighted by Gasteiger charge is -2.07. The summed E-state index contributed by atoms with van der Waals surface area (Å²) in [6, 6.07) is 15.8. The first-order valence-electron chi connectivity index (χ1n) is 11.4. The van der Waals surface area contributed by atoms with E-state index in [1.54, 1.807) is 75.4 Å². The van der Waals surface area contributed by atoms with Gasteiger partial charge in [0.05, 0.1) is 21.2 Å². The van der Waals surface area contributed by atoms with Crippen LogP contribution in [0.3, 0.4) is 0 Å². The molecule has 3 aromatic heterocycles. The Kier molecular flexibility index (Phi) is 7.90. The minimum atomic E-state index is -0.368. The molecular formula is C27H18Cl2N4O4S2. The van der Waals surface area contributed by atoms with Crippen LogP contribution in [0.2, 0.25) is 10.0 Å². The Morgan fingerprint density at radius 3 is 1.72 bits per heavy atom. The smallest absolute Gasteiger partial charge is 0.232 e. The molecule has 0 fully saturated rings. The van der Waals surface area contributed by atoms with Gasteiger partial charge in [0.25, 0.3) is 0 Å². The molecule has 0 radical (unpaired) electrons. The van der Waals surface area contributed by atoms with Crippen LogP contribution in [0.15, 0.2) is 73.8 Å². The second kappa shape index (κ2) is 11.4. The van der Waals surface area contributed by atoms with E-state index in [1.165, 1.54) is 0 Å². The molecule has 0 amide bonds. The Morgan fingerprint density at radius 2 is 1.21 bits per heavy atom. The third-order valence-electron chi connectivity index (χ3n) is 5.58. The molecule has 0 bridgehead atoms. The number of carbonyl (C=O) groups is 2. The van der Waals surface area contributed by atoms with Crippen LogP contribution in [0.4, 0.5) is 0 Å². The highest BCUT2D eigenvalue weighted by atomic mass is 35.5. The van der Waals surface area contributed by atoms with Gasteiger partial charge in [-0.05, 0) is 62.5 Å². The zero-order valence-corrected chi connectivity index (χ0v) is 23.8. The molecule has 12 heteroatoms. The van der Waals surface area contributed by atoms with Gasteiger partial charge < -0.3 is 9.05 Å². The van der Waals surface area contributed by atoms with E-state index < -0.39 is 0 Å². The van der Waals surface area contributed by atoms with E-state index in [1.807, 2.05) is 0 Å². The van der Waals surface area contributed by atoms with Crippen molar-refractivity contribution in [1.29, 1.82) is 0 Å². The molecule has 0 N–H and O–H groups in total. The third-order valence-corrected chi connectivity index (χ3v) is 7.80. The van der Waals surface area contributed by atoms with Gasteiger partial charge in [-0.1, -0.05) is 69.9 Å². The maximum Gasteiger partial charge on any atom is 0.232 e. The topological polar surface area (TPSA) is 112 Å². The van der Waals surface area contributed by atoms with Crippen LogP contribution < -0.4 is 0 Å².